The van der Waals surface area contributed by atoms with Crippen LogP contribution in [0, 0.1) is 0 Å². The molecular formula is C28H29N5O2S. The van der Waals surface area contributed by atoms with Crippen LogP contribution in [0.3, 0.4) is 0 Å². The van der Waals surface area contributed by atoms with Gasteiger partial charge in [0, 0.05) is 35.1 Å². The molecule has 0 spiro atoms. The van der Waals surface area contributed by atoms with Crippen LogP contribution >= 0.6 is 11.8 Å². The lowest BCUT2D eigenvalue weighted by Crippen LogP contribution is -2.45. The summed E-state index contributed by atoms with van der Waals surface area (Å²) in [6, 6.07) is 19.5. The van der Waals surface area contributed by atoms with Crippen LogP contribution in [0.2, 0.25) is 0 Å². The standard InChI is InChI=1S/C28H29N5O2S/c1-18-16-33(17-19(2)35-18)27-9-5-8-24(32-27)25-11-10-21-14-29-22(13-26(21)31-25)15-30-28(34)20-6-4-7-23(12-20)36-3/h4-14,18-19H,15-17H2,1-3H3,(H,30,34). The number of thioether (sulfide) groups is 1. The maximum Gasteiger partial charge on any atom is 0.251 e. The first-order valence-electron chi connectivity index (χ1n) is 12.0. The number of pyridine rings is 3. The van der Waals surface area contributed by atoms with Crippen molar-refractivity contribution in [1.29, 1.82) is 0 Å². The van der Waals surface area contributed by atoms with Gasteiger partial charge in [0.1, 0.15) is 5.82 Å². The number of hydrogen-bond donors (Lipinski definition) is 1. The van der Waals surface area contributed by atoms with E-state index >= 15 is 0 Å². The first kappa shape index (κ1) is 24.2. The Hall–Kier alpha value is -3.49. The van der Waals surface area contributed by atoms with Crippen molar-refractivity contribution in [2.24, 2.45) is 0 Å². The Balaban J connectivity index is 1.34. The third-order valence-electron chi connectivity index (χ3n) is 6.13. The number of nitrogens with one attached hydrogen (secondary N) is 1. The fourth-order valence-corrected chi connectivity index (χ4v) is 4.90. The lowest BCUT2D eigenvalue weighted by Gasteiger charge is -2.36. The second-order valence-electron chi connectivity index (χ2n) is 9.02. The number of hydrogen-bond acceptors (Lipinski definition) is 7. The molecule has 4 heterocycles. The van der Waals surface area contributed by atoms with Gasteiger partial charge in [0.2, 0.25) is 0 Å². The highest BCUT2D eigenvalue weighted by Gasteiger charge is 2.23. The zero-order valence-corrected chi connectivity index (χ0v) is 21.5. The number of carbonyl (C=O) groups is 1. The van der Waals surface area contributed by atoms with Crippen molar-refractivity contribution in [2.45, 2.75) is 37.5 Å². The summed E-state index contributed by atoms with van der Waals surface area (Å²) in [5.74, 6) is 0.808. The van der Waals surface area contributed by atoms with E-state index in [1.807, 2.05) is 66.9 Å². The topological polar surface area (TPSA) is 80.2 Å². The fraction of sp³-hybridized carbons (Fsp3) is 0.286. The van der Waals surface area contributed by atoms with Gasteiger partial charge in [-0.2, -0.15) is 0 Å². The van der Waals surface area contributed by atoms with Crippen LogP contribution in [-0.2, 0) is 11.3 Å². The van der Waals surface area contributed by atoms with E-state index in [4.69, 9.17) is 14.7 Å². The van der Waals surface area contributed by atoms with Crippen molar-refractivity contribution in [3.05, 3.63) is 78.1 Å². The molecule has 0 bridgehead atoms. The number of rotatable bonds is 6. The highest BCUT2D eigenvalue weighted by Crippen LogP contribution is 2.24. The van der Waals surface area contributed by atoms with Gasteiger partial charge in [-0.05, 0) is 68.6 Å². The molecule has 1 N–H and O–H groups in total. The highest BCUT2D eigenvalue weighted by molar-refractivity contribution is 7.98. The largest absolute Gasteiger partial charge is 0.372 e. The van der Waals surface area contributed by atoms with Gasteiger partial charge < -0.3 is 15.0 Å². The molecule has 2 atom stereocenters. The molecule has 0 aliphatic carbocycles. The molecule has 7 nitrogen and oxygen atoms in total. The number of aromatic nitrogens is 3. The van der Waals surface area contributed by atoms with Crippen LogP contribution in [0.25, 0.3) is 22.3 Å². The van der Waals surface area contributed by atoms with Crippen LogP contribution in [-0.4, -0.2) is 52.4 Å². The second-order valence-corrected chi connectivity index (χ2v) is 9.90. The van der Waals surface area contributed by atoms with Gasteiger partial charge in [-0.15, -0.1) is 11.8 Å². The molecule has 1 fully saturated rings. The molecule has 0 saturated carbocycles. The molecule has 3 aromatic heterocycles. The molecule has 1 aliphatic heterocycles. The van der Waals surface area contributed by atoms with Crippen LogP contribution in [0.1, 0.15) is 29.9 Å². The van der Waals surface area contributed by atoms with Gasteiger partial charge in [0.15, 0.2) is 0 Å². The minimum atomic E-state index is -0.123. The normalized spacial score (nSPS) is 17.8. The van der Waals surface area contributed by atoms with Crippen LogP contribution < -0.4 is 10.2 Å². The van der Waals surface area contributed by atoms with Crippen LogP contribution in [0.5, 0.6) is 0 Å². The van der Waals surface area contributed by atoms with Crippen LogP contribution in [0.15, 0.2) is 71.8 Å². The maximum atomic E-state index is 12.6. The lowest BCUT2D eigenvalue weighted by atomic mass is 10.1. The van der Waals surface area contributed by atoms with Crippen molar-refractivity contribution >= 4 is 34.4 Å². The molecule has 8 heteroatoms. The Kier molecular flexibility index (Phi) is 7.16. The maximum absolute atomic E-state index is 12.6. The number of ether oxygens (including phenoxy) is 1. The highest BCUT2D eigenvalue weighted by atomic mass is 32.2. The van der Waals surface area contributed by atoms with Gasteiger partial charge in [0.05, 0.1) is 41.4 Å². The lowest BCUT2D eigenvalue weighted by molar-refractivity contribution is -0.00545. The quantitative estimate of drug-likeness (QED) is 0.376. The minimum absolute atomic E-state index is 0.123. The summed E-state index contributed by atoms with van der Waals surface area (Å²) in [6.45, 7) is 6.13. The van der Waals surface area contributed by atoms with Crippen molar-refractivity contribution in [2.75, 3.05) is 24.2 Å². The molecule has 5 rings (SSSR count). The Morgan fingerprint density at radius 3 is 2.61 bits per heavy atom. The third kappa shape index (κ3) is 5.50. The summed E-state index contributed by atoms with van der Waals surface area (Å²) in [7, 11) is 0. The average molecular weight is 500 g/mol. The van der Waals surface area contributed by atoms with E-state index in [0.29, 0.717) is 12.1 Å². The fourth-order valence-electron chi connectivity index (χ4n) is 4.44. The number of fused-ring (bicyclic) bond motifs is 1. The number of nitrogens with zero attached hydrogens (tertiary/aromatic N) is 4. The molecule has 184 valence electrons. The zero-order valence-electron chi connectivity index (χ0n) is 20.6. The number of carbonyl (C=O) groups excluding carboxylic acids is 1. The molecule has 36 heavy (non-hydrogen) atoms. The Morgan fingerprint density at radius 2 is 1.81 bits per heavy atom. The monoisotopic (exact) mass is 499 g/mol. The summed E-state index contributed by atoms with van der Waals surface area (Å²) in [4.78, 5) is 30.2. The molecular weight excluding hydrogens is 470 g/mol. The van der Waals surface area contributed by atoms with Gasteiger partial charge in [-0.25, -0.2) is 9.97 Å². The number of benzene rings is 1. The molecule has 0 radical (unpaired) electrons. The van der Waals surface area contributed by atoms with Crippen molar-refractivity contribution in [3.8, 4) is 11.4 Å². The summed E-state index contributed by atoms with van der Waals surface area (Å²) in [5, 5.41) is 3.90. The molecule has 1 aliphatic rings. The van der Waals surface area contributed by atoms with Crippen molar-refractivity contribution < 1.29 is 9.53 Å². The van der Waals surface area contributed by atoms with E-state index in [-0.39, 0.29) is 18.1 Å². The molecule has 1 amide bonds. The zero-order chi connectivity index (χ0) is 25.1. The third-order valence-corrected chi connectivity index (χ3v) is 6.86. The molecule has 2 unspecified atom stereocenters. The summed E-state index contributed by atoms with van der Waals surface area (Å²) in [5.41, 5.74) is 3.82. The van der Waals surface area contributed by atoms with Crippen molar-refractivity contribution in [1.82, 2.24) is 20.3 Å². The second kappa shape index (κ2) is 10.6. The molecule has 4 aromatic rings. The minimum Gasteiger partial charge on any atom is -0.372 e. The van der Waals surface area contributed by atoms with E-state index in [1.54, 1.807) is 18.0 Å². The summed E-state index contributed by atoms with van der Waals surface area (Å²) >= 11 is 1.61. The molecule has 1 saturated heterocycles. The average Bonchev–Trinajstić information content (AvgIpc) is 2.90. The first-order valence-corrected chi connectivity index (χ1v) is 13.3. The summed E-state index contributed by atoms with van der Waals surface area (Å²) in [6.07, 6.45) is 4.12. The van der Waals surface area contributed by atoms with Gasteiger partial charge in [-0.1, -0.05) is 12.1 Å². The molecule has 1 aromatic carbocycles. The Labute approximate surface area is 215 Å². The van der Waals surface area contributed by atoms with Gasteiger partial charge in [0.25, 0.3) is 5.91 Å². The first-order chi connectivity index (χ1) is 17.5. The SMILES string of the molecule is CSc1cccc(C(=O)NCc2cc3nc(-c4cccc(N5CC(C)OC(C)C5)n4)ccc3cn2)c1. The summed E-state index contributed by atoms with van der Waals surface area (Å²) < 4.78 is 5.87. The Morgan fingerprint density at radius 1 is 1.03 bits per heavy atom. The number of morpholine rings is 1. The van der Waals surface area contributed by atoms with Gasteiger partial charge in [-0.3, -0.25) is 9.78 Å². The van der Waals surface area contributed by atoms with Crippen molar-refractivity contribution in [3.63, 3.8) is 0 Å². The van der Waals surface area contributed by atoms with E-state index in [0.717, 1.165) is 51.8 Å². The van der Waals surface area contributed by atoms with E-state index in [2.05, 4.69) is 29.0 Å². The number of anilines is 1. The smallest absolute Gasteiger partial charge is 0.251 e. The van der Waals surface area contributed by atoms with E-state index < -0.39 is 0 Å². The number of amides is 1. The Bertz CT molecular complexity index is 1390. The van der Waals surface area contributed by atoms with Gasteiger partial charge >= 0.3 is 0 Å². The van der Waals surface area contributed by atoms with Crippen LogP contribution in [0.4, 0.5) is 5.82 Å². The predicted molar refractivity (Wildman–Crippen MR) is 144 cm³/mol. The van der Waals surface area contributed by atoms with E-state index in [1.165, 1.54) is 0 Å². The van der Waals surface area contributed by atoms with E-state index in [9.17, 15) is 4.79 Å². The predicted octanol–water partition coefficient (Wildman–Crippen LogP) is 4.96.